The van der Waals surface area contributed by atoms with E-state index in [2.05, 4.69) is 39.2 Å². The van der Waals surface area contributed by atoms with E-state index >= 15 is 0 Å². The van der Waals surface area contributed by atoms with Crippen molar-refractivity contribution in [2.75, 3.05) is 0 Å². The first kappa shape index (κ1) is 16.3. The van der Waals surface area contributed by atoms with E-state index < -0.39 is 0 Å². The summed E-state index contributed by atoms with van der Waals surface area (Å²) in [6, 6.07) is 0. The average molecular weight is 237 g/mol. The van der Waals surface area contributed by atoms with Crippen LogP contribution in [0.3, 0.4) is 0 Å². The van der Waals surface area contributed by atoms with Crippen LogP contribution in [0.5, 0.6) is 0 Å². The van der Waals surface area contributed by atoms with Gasteiger partial charge in [-0.25, -0.2) is 0 Å². The Hall–Kier alpha value is -0.720. The fourth-order valence-electron chi connectivity index (χ4n) is 2.40. The molecule has 1 fully saturated rings. The predicted molar refractivity (Wildman–Crippen MR) is 78.8 cm³/mol. The highest BCUT2D eigenvalue weighted by Crippen LogP contribution is 2.27. The summed E-state index contributed by atoms with van der Waals surface area (Å²) >= 11 is 0. The predicted octanol–water partition coefficient (Wildman–Crippen LogP) is 5.26. The maximum Gasteiger partial charge on any atom is 0.00752 e. The molecule has 1 rings (SSSR count). The molecule has 1 N–H and O–H groups in total. The molecule has 1 saturated carbocycles. The molecular formula is C16H31N. The summed E-state index contributed by atoms with van der Waals surface area (Å²) in [4.78, 5) is 0. The van der Waals surface area contributed by atoms with Crippen molar-refractivity contribution in [3.8, 4) is 0 Å². The monoisotopic (exact) mass is 237 g/mol. The molecule has 0 spiro atoms. The van der Waals surface area contributed by atoms with Crippen molar-refractivity contribution >= 4 is 0 Å². The lowest BCUT2D eigenvalue weighted by molar-refractivity contribution is 0.301. The van der Waals surface area contributed by atoms with E-state index in [0.717, 1.165) is 36.1 Å². The molecule has 0 aromatic carbocycles. The summed E-state index contributed by atoms with van der Waals surface area (Å²) in [5.74, 6) is 2.03. The van der Waals surface area contributed by atoms with Crippen LogP contribution in [0.15, 0.2) is 24.6 Å². The molecule has 17 heavy (non-hydrogen) atoms. The van der Waals surface area contributed by atoms with Crippen LogP contribution in [0.25, 0.3) is 0 Å². The van der Waals surface area contributed by atoms with Gasteiger partial charge in [0.05, 0.1) is 0 Å². The van der Waals surface area contributed by atoms with E-state index in [9.17, 15) is 0 Å². The van der Waals surface area contributed by atoms with Gasteiger partial charge in [-0.1, -0.05) is 59.6 Å². The van der Waals surface area contributed by atoms with Crippen molar-refractivity contribution in [2.45, 2.75) is 66.2 Å². The van der Waals surface area contributed by atoms with Gasteiger partial charge in [-0.3, -0.25) is 0 Å². The zero-order valence-electron chi connectivity index (χ0n) is 12.3. The Morgan fingerprint density at radius 3 is 2.00 bits per heavy atom. The maximum absolute atomic E-state index is 3.81. The molecule has 2 atom stereocenters. The van der Waals surface area contributed by atoms with Crippen LogP contribution < -0.4 is 5.32 Å². The van der Waals surface area contributed by atoms with Crippen molar-refractivity contribution in [1.29, 1.82) is 0 Å². The van der Waals surface area contributed by atoms with Gasteiger partial charge in [0, 0.05) is 11.4 Å². The Bertz CT molecular complexity index is 222. The summed E-state index contributed by atoms with van der Waals surface area (Å²) in [5, 5.41) is 3.05. The van der Waals surface area contributed by atoms with Gasteiger partial charge < -0.3 is 5.32 Å². The number of allylic oxidation sites excluding steroid dienone is 2. The first-order chi connectivity index (χ1) is 7.95. The van der Waals surface area contributed by atoms with E-state index in [1.54, 1.807) is 0 Å². The van der Waals surface area contributed by atoms with Gasteiger partial charge in [0.1, 0.15) is 0 Å². The largest absolute Gasteiger partial charge is 0.364 e. The van der Waals surface area contributed by atoms with Crippen LogP contribution in [0, 0.1) is 11.8 Å². The van der Waals surface area contributed by atoms with Crippen molar-refractivity contribution in [3.05, 3.63) is 24.6 Å². The Labute approximate surface area is 108 Å². The summed E-state index contributed by atoms with van der Waals surface area (Å²) in [7, 11) is 0. The molecule has 100 valence electrons. The van der Waals surface area contributed by atoms with Gasteiger partial charge in [-0.05, 0) is 31.6 Å². The third-order valence-corrected chi connectivity index (χ3v) is 3.14. The maximum atomic E-state index is 3.81. The lowest BCUT2D eigenvalue weighted by atomic mass is 9.84. The molecule has 1 nitrogen and oxygen atoms in total. The van der Waals surface area contributed by atoms with E-state index in [4.69, 9.17) is 0 Å². The standard InChI is InChI=1S/C8H15N.C8H16/c1-5-6-8(4)9-7(2)3;1-7-4-3-5-8(2)6-7/h9H,2,4-6H2,1,3H3;7-8H,3-6H2,1-2H3. The van der Waals surface area contributed by atoms with Gasteiger partial charge >= 0.3 is 0 Å². The fourth-order valence-corrected chi connectivity index (χ4v) is 2.40. The topological polar surface area (TPSA) is 12.0 Å². The van der Waals surface area contributed by atoms with E-state index in [1.165, 1.54) is 25.7 Å². The third kappa shape index (κ3) is 10.2. The smallest absolute Gasteiger partial charge is 0.00752 e. The van der Waals surface area contributed by atoms with Crippen LogP contribution in [0.2, 0.25) is 0 Å². The number of nitrogens with one attached hydrogen (secondary N) is 1. The third-order valence-electron chi connectivity index (χ3n) is 3.14. The zero-order valence-corrected chi connectivity index (χ0v) is 12.3. The van der Waals surface area contributed by atoms with Crippen LogP contribution in [0.4, 0.5) is 0 Å². The lowest BCUT2D eigenvalue weighted by Crippen LogP contribution is -2.09. The second-order valence-corrected chi connectivity index (χ2v) is 5.64. The summed E-state index contributed by atoms with van der Waals surface area (Å²) in [5.41, 5.74) is 2.03. The van der Waals surface area contributed by atoms with Gasteiger partial charge in [0.15, 0.2) is 0 Å². The Balaban J connectivity index is 0.000000302. The normalized spacial score (nSPS) is 23.3. The SMILES string of the molecule is C=C(C)NC(=C)CCC.CC1CCCC(C)C1. The Morgan fingerprint density at radius 2 is 1.71 bits per heavy atom. The quantitative estimate of drug-likeness (QED) is 0.703. The first-order valence-electron chi connectivity index (χ1n) is 7.06. The van der Waals surface area contributed by atoms with E-state index in [-0.39, 0.29) is 0 Å². The van der Waals surface area contributed by atoms with Crippen LogP contribution >= 0.6 is 0 Å². The van der Waals surface area contributed by atoms with Crippen molar-refractivity contribution < 1.29 is 0 Å². The average Bonchev–Trinajstić information content (AvgIpc) is 2.16. The molecule has 0 heterocycles. The fraction of sp³-hybridized carbons (Fsp3) is 0.750. The second-order valence-electron chi connectivity index (χ2n) is 5.64. The summed E-state index contributed by atoms with van der Waals surface area (Å²) < 4.78 is 0. The first-order valence-corrected chi connectivity index (χ1v) is 7.06. The molecular weight excluding hydrogens is 206 g/mol. The van der Waals surface area contributed by atoms with Crippen LogP contribution in [-0.4, -0.2) is 0 Å². The minimum absolute atomic E-state index is 0.966. The minimum atomic E-state index is 0.966. The summed E-state index contributed by atoms with van der Waals surface area (Å²) in [6.07, 6.45) is 8.07. The second kappa shape index (κ2) is 9.32. The molecule has 0 saturated heterocycles. The number of hydrogen-bond donors (Lipinski definition) is 1. The van der Waals surface area contributed by atoms with Crippen LogP contribution in [0.1, 0.15) is 66.2 Å². The summed E-state index contributed by atoms with van der Waals surface area (Å²) in [6.45, 7) is 16.3. The molecule has 0 amide bonds. The molecule has 2 unspecified atom stereocenters. The molecule has 0 radical (unpaired) electrons. The number of hydrogen-bond acceptors (Lipinski definition) is 1. The highest BCUT2D eigenvalue weighted by Gasteiger charge is 2.13. The van der Waals surface area contributed by atoms with E-state index in [0.29, 0.717) is 0 Å². The number of rotatable bonds is 4. The van der Waals surface area contributed by atoms with Gasteiger partial charge in [-0.15, -0.1) is 0 Å². The zero-order chi connectivity index (χ0) is 13.3. The lowest BCUT2D eigenvalue weighted by Gasteiger charge is -2.22. The highest BCUT2D eigenvalue weighted by molar-refractivity contribution is 5.01. The van der Waals surface area contributed by atoms with Crippen molar-refractivity contribution in [3.63, 3.8) is 0 Å². The van der Waals surface area contributed by atoms with Crippen LogP contribution in [-0.2, 0) is 0 Å². The molecule has 0 aromatic rings. The Morgan fingerprint density at radius 1 is 1.18 bits per heavy atom. The molecule has 1 aliphatic carbocycles. The van der Waals surface area contributed by atoms with E-state index in [1.807, 2.05) is 6.92 Å². The molecule has 0 aliphatic heterocycles. The molecule has 0 aromatic heterocycles. The molecule has 0 bridgehead atoms. The minimum Gasteiger partial charge on any atom is -0.364 e. The molecule has 1 heteroatoms. The van der Waals surface area contributed by atoms with Crippen molar-refractivity contribution in [2.24, 2.45) is 11.8 Å². The molecule has 1 aliphatic rings. The highest BCUT2D eigenvalue weighted by atomic mass is 14.9. The van der Waals surface area contributed by atoms with Gasteiger partial charge in [0.25, 0.3) is 0 Å². The Kier molecular flexibility index (Phi) is 8.93. The van der Waals surface area contributed by atoms with Crippen molar-refractivity contribution in [1.82, 2.24) is 5.32 Å². The van der Waals surface area contributed by atoms with Gasteiger partial charge in [0.2, 0.25) is 0 Å². The van der Waals surface area contributed by atoms with Gasteiger partial charge in [-0.2, -0.15) is 0 Å².